The number of amides is 1. The molecule has 0 spiro atoms. The second-order valence-electron chi connectivity index (χ2n) is 6.40. The monoisotopic (exact) mass is 347 g/mol. The van der Waals surface area contributed by atoms with Gasteiger partial charge in [0.05, 0.1) is 6.10 Å². The maximum atomic E-state index is 14.1. The number of carbonyl (C=O) groups excluding carboxylic acids is 1. The number of aliphatic hydroxyl groups excluding tert-OH is 1. The lowest BCUT2D eigenvalue weighted by atomic mass is 9.89. The summed E-state index contributed by atoms with van der Waals surface area (Å²) < 4.78 is 14.1. The molecule has 2 aromatic rings. The largest absolute Gasteiger partial charge is 0.393 e. The maximum Gasteiger partial charge on any atom is 0.254 e. The lowest BCUT2D eigenvalue weighted by Gasteiger charge is -2.22. The Morgan fingerprint density at radius 2 is 2.16 bits per heavy atom. The van der Waals surface area contributed by atoms with Gasteiger partial charge in [-0.1, -0.05) is 30.3 Å². The normalized spacial score (nSPS) is 16.1. The highest BCUT2D eigenvalue weighted by Gasteiger charge is 2.32. The van der Waals surface area contributed by atoms with E-state index >= 15 is 0 Å². The third kappa shape index (κ3) is 5.94. The van der Waals surface area contributed by atoms with Crippen molar-refractivity contribution < 1.29 is 14.3 Å². The Morgan fingerprint density at radius 3 is 2.76 bits per heavy atom. The van der Waals surface area contributed by atoms with Gasteiger partial charge in [0.2, 0.25) is 0 Å². The first kappa shape index (κ1) is 19.1. The standard InChI is InChI=1S/C18H24FN4O2/c1-18(19,17(20)25)10-9-14(16-21-12-22-23-16)11-15(24)8-7-13-5-3-2-4-6-13/h2-6,8,12,14-15,24H,7,9-11H2,1H3,(H2,20,25)(H,21,22,23). The van der Waals surface area contributed by atoms with Gasteiger partial charge in [-0.3, -0.25) is 4.79 Å². The van der Waals surface area contributed by atoms with Crippen LogP contribution in [0, 0.1) is 6.42 Å². The Bertz CT molecular complexity index is 646. The zero-order valence-electron chi connectivity index (χ0n) is 14.2. The summed E-state index contributed by atoms with van der Waals surface area (Å²) in [5.41, 5.74) is 4.10. The number of aromatic nitrogens is 3. The number of nitrogens with one attached hydrogen (secondary N) is 1. The first-order valence-corrected chi connectivity index (χ1v) is 8.28. The minimum absolute atomic E-state index is 0.0426. The highest BCUT2D eigenvalue weighted by molar-refractivity contribution is 5.82. The first-order chi connectivity index (χ1) is 11.9. The molecule has 25 heavy (non-hydrogen) atoms. The fraction of sp³-hybridized carbons (Fsp3) is 0.444. The Hall–Kier alpha value is -2.28. The second kappa shape index (κ2) is 8.71. The molecule has 0 bridgehead atoms. The Morgan fingerprint density at radius 1 is 1.44 bits per heavy atom. The number of benzene rings is 1. The van der Waals surface area contributed by atoms with Crippen molar-refractivity contribution in [2.45, 2.75) is 50.3 Å². The van der Waals surface area contributed by atoms with Gasteiger partial charge in [0.25, 0.3) is 5.91 Å². The average molecular weight is 347 g/mol. The van der Waals surface area contributed by atoms with Crippen molar-refractivity contribution in [3.8, 4) is 0 Å². The molecule has 1 radical (unpaired) electrons. The molecule has 0 fully saturated rings. The van der Waals surface area contributed by atoms with Gasteiger partial charge in [-0.05, 0) is 44.6 Å². The molecular formula is C18H24FN4O2. The smallest absolute Gasteiger partial charge is 0.254 e. The number of primary amides is 1. The predicted octanol–water partition coefficient (Wildman–Crippen LogP) is 2.08. The van der Waals surface area contributed by atoms with Crippen LogP contribution in [0.3, 0.4) is 0 Å². The van der Waals surface area contributed by atoms with Gasteiger partial charge in [0.15, 0.2) is 5.67 Å². The van der Waals surface area contributed by atoms with Crippen molar-refractivity contribution in [1.82, 2.24) is 15.2 Å². The summed E-state index contributed by atoms with van der Waals surface area (Å²) in [4.78, 5) is 14.1. The van der Waals surface area contributed by atoms with Crippen LogP contribution in [-0.2, 0) is 11.2 Å². The van der Waals surface area contributed by atoms with Crippen LogP contribution >= 0.6 is 0 Å². The minimum Gasteiger partial charge on any atom is -0.393 e. The van der Waals surface area contributed by atoms with Crippen molar-refractivity contribution in [2.75, 3.05) is 0 Å². The molecule has 6 nitrogen and oxygen atoms in total. The quantitative estimate of drug-likeness (QED) is 0.612. The van der Waals surface area contributed by atoms with E-state index in [1.807, 2.05) is 30.3 Å². The van der Waals surface area contributed by atoms with E-state index in [1.165, 1.54) is 13.3 Å². The summed E-state index contributed by atoms with van der Waals surface area (Å²) in [5.74, 6) is -0.675. The van der Waals surface area contributed by atoms with E-state index in [0.29, 0.717) is 25.1 Å². The van der Waals surface area contributed by atoms with Gasteiger partial charge in [-0.15, -0.1) is 10.2 Å². The number of H-pyrrole nitrogens is 1. The molecule has 0 aliphatic heterocycles. The molecule has 0 saturated carbocycles. The van der Waals surface area contributed by atoms with Crippen LogP contribution in [0.15, 0.2) is 36.7 Å². The summed E-state index contributed by atoms with van der Waals surface area (Å²) in [7, 11) is 0. The first-order valence-electron chi connectivity index (χ1n) is 8.28. The van der Waals surface area contributed by atoms with Crippen LogP contribution < -0.4 is 5.73 Å². The van der Waals surface area contributed by atoms with E-state index in [1.54, 1.807) is 6.42 Å². The van der Waals surface area contributed by atoms with Crippen LogP contribution in [0.25, 0.3) is 0 Å². The molecule has 3 atom stereocenters. The Kier molecular flexibility index (Phi) is 6.64. The van der Waals surface area contributed by atoms with Gasteiger partial charge in [-0.25, -0.2) is 4.39 Å². The average Bonchev–Trinajstić information content (AvgIpc) is 3.12. The lowest BCUT2D eigenvalue weighted by Crippen LogP contribution is -2.37. The number of hydrogen-bond donors (Lipinski definition) is 3. The number of aliphatic hydroxyl groups is 1. The number of aromatic amines is 1. The molecule has 7 heteroatoms. The van der Waals surface area contributed by atoms with Crippen LogP contribution in [0.1, 0.15) is 43.5 Å². The summed E-state index contributed by atoms with van der Waals surface area (Å²) in [6, 6.07) is 9.79. The maximum absolute atomic E-state index is 14.1. The second-order valence-corrected chi connectivity index (χ2v) is 6.40. The van der Waals surface area contributed by atoms with E-state index < -0.39 is 17.7 Å². The Labute approximate surface area is 146 Å². The summed E-state index contributed by atoms with van der Waals surface area (Å²) in [6.45, 7) is 1.17. The number of nitrogens with zero attached hydrogens (tertiary/aromatic N) is 2. The zero-order valence-corrected chi connectivity index (χ0v) is 14.2. The van der Waals surface area contributed by atoms with Gasteiger partial charge in [0.1, 0.15) is 12.2 Å². The van der Waals surface area contributed by atoms with Gasteiger partial charge in [-0.2, -0.15) is 0 Å². The van der Waals surface area contributed by atoms with Crippen molar-refractivity contribution in [2.24, 2.45) is 5.73 Å². The van der Waals surface area contributed by atoms with Gasteiger partial charge in [0, 0.05) is 5.92 Å². The van der Waals surface area contributed by atoms with E-state index in [-0.39, 0.29) is 12.3 Å². The SMILES string of the molecule is CC(F)(CCC(CC(O)[CH]Cc1ccccc1)c1nnc[nH]1)C(N)=O. The third-order valence-corrected chi connectivity index (χ3v) is 4.29. The van der Waals surface area contributed by atoms with E-state index in [0.717, 1.165) is 5.56 Å². The van der Waals surface area contributed by atoms with Gasteiger partial charge >= 0.3 is 0 Å². The molecule has 1 heterocycles. The molecule has 3 unspecified atom stereocenters. The molecule has 2 rings (SSSR count). The van der Waals surface area contributed by atoms with Crippen molar-refractivity contribution >= 4 is 5.91 Å². The molecule has 135 valence electrons. The van der Waals surface area contributed by atoms with E-state index in [9.17, 15) is 14.3 Å². The van der Waals surface area contributed by atoms with Crippen molar-refractivity contribution in [1.29, 1.82) is 0 Å². The number of rotatable bonds is 10. The lowest BCUT2D eigenvalue weighted by molar-refractivity contribution is -0.128. The molecule has 0 saturated heterocycles. The fourth-order valence-corrected chi connectivity index (χ4v) is 2.62. The number of halogens is 1. The highest BCUT2D eigenvalue weighted by atomic mass is 19.1. The number of hydrogen-bond acceptors (Lipinski definition) is 4. The molecule has 4 N–H and O–H groups in total. The van der Waals surface area contributed by atoms with E-state index in [4.69, 9.17) is 5.73 Å². The van der Waals surface area contributed by atoms with Crippen LogP contribution in [0.2, 0.25) is 0 Å². The van der Waals surface area contributed by atoms with Crippen LogP contribution in [0.5, 0.6) is 0 Å². The van der Waals surface area contributed by atoms with E-state index in [2.05, 4.69) is 15.2 Å². The third-order valence-electron chi connectivity index (χ3n) is 4.29. The predicted molar refractivity (Wildman–Crippen MR) is 92.1 cm³/mol. The molecular weight excluding hydrogens is 323 g/mol. The van der Waals surface area contributed by atoms with Crippen LogP contribution in [-0.4, -0.2) is 38.0 Å². The zero-order chi connectivity index (χ0) is 18.3. The molecule has 1 aromatic carbocycles. The molecule has 0 aliphatic rings. The Balaban J connectivity index is 1.93. The highest BCUT2D eigenvalue weighted by Crippen LogP contribution is 2.29. The number of alkyl halides is 1. The van der Waals surface area contributed by atoms with Crippen molar-refractivity contribution in [3.63, 3.8) is 0 Å². The topological polar surface area (TPSA) is 105 Å². The summed E-state index contributed by atoms with van der Waals surface area (Å²) in [6.07, 6.45) is 3.83. The van der Waals surface area contributed by atoms with Gasteiger partial charge < -0.3 is 15.8 Å². The van der Waals surface area contributed by atoms with Crippen LogP contribution in [0.4, 0.5) is 4.39 Å². The summed E-state index contributed by atoms with van der Waals surface area (Å²) in [5, 5.41) is 18.0. The molecule has 0 aliphatic carbocycles. The number of carbonyl (C=O) groups is 1. The summed E-state index contributed by atoms with van der Waals surface area (Å²) >= 11 is 0. The fourth-order valence-electron chi connectivity index (χ4n) is 2.62. The molecule has 1 aromatic heterocycles. The minimum atomic E-state index is -2.09. The number of nitrogens with two attached hydrogens (primary N) is 1. The molecule has 1 amide bonds. The van der Waals surface area contributed by atoms with Crippen molar-refractivity contribution in [3.05, 3.63) is 54.5 Å².